The predicted octanol–water partition coefficient (Wildman–Crippen LogP) is 6.87. The molecule has 0 atom stereocenters. The molecule has 4 aromatic rings. The molecule has 0 unspecified atom stereocenters. The van der Waals surface area contributed by atoms with Crippen molar-refractivity contribution in [2.75, 3.05) is 26.6 Å². The lowest BCUT2D eigenvalue weighted by molar-refractivity contribution is 0.0729. The van der Waals surface area contributed by atoms with Crippen LogP contribution in [0.1, 0.15) is 51.4 Å². The summed E-state index contributed by atoms with van der Waals surface area (Å²) in [4.78, 5) is 17.9. The molecule has 206 valence electrons. The number of carbonyl (C=O) groups excluding carboxylic acids is 1. The number of nitrogens with zero attached hydrogens (tertiary/aromatic N) is 2. The summed E-state index contributed by atoms with van der Waals surface area (Å²) in [6.07, 6.45) is 2.95. The van der Waals surface area contributed by atoms with E-state index in [1.807, 2.05) is 36.5 Å². The van der Waals surface area contributed by atoms with Crippen LogP contribution in [-0.4, -0.2) is 42.2 Å². The van der Waals surface area contributed by atoms with Crippen molar-refractivity contribution < 1.29 is 23.7 Å². The summed E-state index contributed by atoms with van der Waals surface area (Å²) in [6.45, 7) is 11.1. The summed E-state index contributed by atoms with van der Waals surface area (Å²) in [5.41, 5.74) is 2.66. The topological polar surface area (TPSA) is 83.3 Å². The van der Waals surface area contributed by atoms with Gasteiger partial charge in [0.2, 0.25) is 0 Å². The molecule has 2 aromatic carbocycles. The number of imidazole rings is 1. The van der Waals surface area contributed by atoms with E-state index >= 15 is 0 Å². The molecule has 0 bridgehead atoms. The van der Waals surface area contributed by atoms with Gasteiger partial charge < -0.3 is 24.3 Å². The number of rotatable bonds is 9. The van der Waals surface area contributed by atoms with Crippen LogP contribution in [0, 0.1) is 5.41 Å². The summed E-state index contributed by atoms with van der Waals surface area (Å²) >= 11 is 0. The average Bonchev–Trinajstić information content (AvgIpc) is 3.24. The van der Waals surface area contributed by atoms with Crippen molar-refractivity contribution in [1.82, 2.24) is 9.38 Å². The van der Waals surface area contributed by atoms with Gasteiger partial charge in [0, 0.05) is 23.4 Å². The Balaban J connectivity index is 1.70. The van der Waals surface area contributed by atoms with E-state index in [1.165, 1.54) is 14.2 Å². The van der Waals surface area contributed by atoms with Crippen molar-refractivity contribution in [2.24, 2.45) is 5.41 Å². The first-order chi connectivity index (χ1) is 18.4. The zero-order chi connectivity index (χ0) is 28.4. The maximum absolute atomic E-state index is 13.0. The molecule has 0 amide bonds. The fourth-order valence-corrected chi connectivity index (χ4v) is 4.99. The molecule has 0 fully saturated rings. The van der Waals surface area contributed by atoms with Gasteiger partial charge in [-0.3, -0.25) is 4.40 Å². The Morgan fingerprint density at radius 3 is 2.18 bits per heavy atom. The summed E-state index contributed by atoms with van der Waals surface area (Å²) in [5, 5.41) is 3.74. The zero-order valence-electron chi connectivity index (χ0n) is 23.9. The molecule has 0 saturated carbocycles. The molecule has 4 rings (SSSR count). The molecule has 0 radical (unpaired) electrons. The van der Waals surface area contributed by atoms with Gasteiger partial charge in [-0.25, -0.2) is 9.78 Å². The fraction of sp³-hybridized carbons (Fsp3) is 0.355. The SMILES string of the molecule is COc1cc(OC)cc(C(=O)Oc2ccc(-c3nc4ccccn4c3NC(C)(C)CC(C)(C)C)cc2OC)c1. The van der Waals surface area contributed by atoms with E-state index in [1.54, 1.807) is 31.4 Å². The Morgan fingerprint density at radius 2 is 1.56 bits per heavy atom. The van der Waals surface area contributed by atoms with Crippen molar-refractivity contribution >= 4 is 17.4 Å². The standard InChI is InChI=1S/C31H37N3O5/c1-30(2,3)19-31(4,5)33-28-27(32-26-11-9-10-14-34(26)28)20-12-13-24(25(17-20)38-8)39-29(35)21-15-22(36-6)18-23(16-21)37-7/h9-18,33H,19H2,1-8H3. The van der Waals surface area contributed by atoms with E-state index < -0.39 is 5.97 Å². The zero-order valence-corrected chi connectivity index (χ0v) is 23.9. The van der Waals surface area contributed by atoms with E-state index in [0.29, 0.717) is 28.6 Å². The Morgan fingerprint density at radius 1 is 0.872 bits per heavy atom. The Kier molecular flexibility index (Phi) is 7.77. The van der Waals surface area contributed by atoms with Crippen molar-refractivity contribution in [3.63, 3.8) is 0 Å². The smallest absolute Gasteiger partial charge is 0.343 e. The highest BCUT2D eigenvalue weighted by Gasteiger charge is 2.28. The van der Waals surface area contributed by atoms with Crippen molar-refractivity contribution in [2.45, 2.75) is 46.6 Å². The third-order valence-corrected chi connectivity index (χ3v) is 6.19. The van der Waals surface area contributed by atoms with Crippen LogP contribution in [0.5, 0.6) is 23.0 Å². The first-order valence-electron chi connectivity index (χ1n) is 12.8. The van der Waals surface area contributed by atoms with Gasteiger partial charge in [0.25, 0.3) is 0 Å². The van der Waals surface area contributed by atoms with Gasteiger partial charge in [0.05, 0.1) is 26.9 Å². The number of hydrogen-bond acceptors (Lipinski definition) is 7. The van der Waals surface area contributed by atoms with Gasteiger partial charge >= 0.3 is 5.97 Å². The number of nitrogens with one attached hydrogen (secondary N) is 1. The third kappa shape index (κ3) is 6.45. The molecule has 39 heavy (non-hydrogen) atoms. The van der Waals surface area contributed by atoms with Crippen molar-refractivity contribution in [3.05, 3.63) is 66.4 Å². The van der Waals surface area contributed by atoms with E-state index in [-0.39, 0.29) is 11.0 Å². The number of ether oxygens (including phenoxy) is 4. The normalized spacial score (nSPS) is 11.8. The molecule has 1 N–H and O–H groups in total. The van der Waals surface area contributed by atoms with Crippen LogP contribution in [0.15, 0.2) is 60.8 Å². The Hall–Kier alpha value is -4.20. The van der Waals surface area contributed by atoms with Gasteiger partial charge in [-0.1, -0.05) is 26.8 Å². The van der Waals surface area contributed by atoms with Crippen LogP contribution in [0.4, 0.5) is 5.82 Å². The van der Waals surface area contributed by atoms with Gasteiger partial charge in [0.15, 0.2) is 11.5 Å². The van der Waals surface area contributed by atoms with Gasteiger partial charge in [-0.05, 0) is 68.1 Å². The van der Waals surface area contributed by atoms with Gasteiger partial charge in [0.1, 0.15) is 28.7 Å². The molecule has 0 aliphatic rings. The number of anilines is 1. The third-order valence-electron chi connectivity index (χ3n) is 6.19. The number of benzene rings is 2. The summed E-state index contributed by atoms with van der Waals surface area (Å²) in [6, 6.07) is 16.2. The number of carbonyl (C=O) groups is 1. The number of pyridine rings is 1. The maximum Gasteiger partial charge on any atom is 0.343 e. The highest BCUT2D eigenvalue weighted by atomic mass is 16.6. The second kappa shape index (κ2) is 10.9. The number of hydrogen-bond donors (Lipinski definition) is 1. The monoisotopic (exact) mass is 531 g/mol. The quantitative estimate of drug-likeness (QED) is 0.186. The molecule has 8 nitrogen and oxygen atoms in total. The predicted molar refractivity (Wildman–Crippen MR) is 153 cm³/mol. The minimum absolute atomic E-state index is 0.138. The molecule has 2 aromatic heterocycles. The molecular formula is C31H37N3O5. The van der Waals surface area contributed by atoms with Crippen LogP contribution in [0.2, 0.25) is 0 Å². The number of esters is 1. The summed E-state index contributed by atoms with van der Waals surface area (Å²) < 4.78 is 24.0. The number of fused-ring (bicyclic) bond motifs is 1. The van der Waals surface area contributed by atoms with Crippen LogP contribution < -0.4 is 24.3 Å². The summed E-state index contributed by atoms with van der Waals surface area (Å²) in [7, 11) is 4.59. The van der Waals surface area contributed by atoms with Gasteiger partial charge in [-0.15, -0.1) is 0 Å². The second-order valence-electron chi connectivity index (χ2n) is 11.3. The minimum atomic E-state index is -0.558. The Labute approximate surface area is 229 Å². The largest absolute Gasteiger partial charge is 0.497 e. The van der Waals surface area contributed by atoms with Crippen LogP contribution in [0.25, 0.3) is 16.9 Å². The minimum Gasteiger partial charge on any atom is -0.497 e. The molecule has 8 heteroatoms. The molecule has 0 spiro atoms. The van der Waals surface area contributed by atoms with E-state index in [9.17, 15) is 4.79 Å². The highest BCUT2D eigenvalue weighted by molar-refractivity contribution is 5.92. The first kappa shape index (κ1) is 27.8. The van der Waals surface area contributed by atoms with Crippen LogP contribution >= 0.6 is 0 Å². The maximum atomic E-state index is 13.0. The van der Waals surface area contributed by atoms with Crippen molar-refractivity contribution in [3.8, 4) is 34.3 Å². The van der Waals surface area contributed by atoms with E-state index in [4.69, 9.17) is 23.9 Å². The number of methoxy groups -OCH3 is 3. The lowest BCUT2D eigenvalue weighted by Gasteiger charge is -2.34. The highest BCUT2D eigenvalue weighted by Crippen LogP contribution is 2.38. The number of aromatic nitrogens is 2. The van der Waals surface area contributed by atoms with Crippen LogP contribution in [0.3, 0.4) is 0 Å². The van der Waals surface area contributed by atoms with Crippen molar-refractivity contribution in [1.29, 1.82) is 0 Å². The average molecular weight is 532 g/mol. The van der Waals surface area contributed by atoms with E-state index in [2.05, 4.69) is 44.3 Å². The molecule has 0 aliphatic carbocycles. The first-order valence-corrected chi connectivity index (χ1v) is 12.8. The molecule has 0 aliphatic heterocycles. The molecule has 2 heterocycles. The van der Waals surface area contributed by atoms with E-state index in [0.717, 1.165) is 29.1 Å². The summed E-state index contributed by atoms with van der Waals surface area (Å²) in [5.74, 6) is 2.01. The van der Waals surface area contributed by atoms with Gasteiger partial charge in [-0.2, -0.15) is 0 Å². The Bertz CT molecular complexity index is 1460. The molecular weight excluding hydrogens is 494 g/mol. The molecule has 0 saturated heterocycles. The lowest BCUT2D eigenvalue weighted by atomic mass is 9.82. The lowest BCUT2D eigenvalue weighted by Crippen LogP contribution is -2.36. The van der Waals surface area contributed by atoms with Crippen LogP contribution in [-0.2, 0) is 0 Å². The second-order valence-corrected chi connectivity index (χ2v) is 11.3. The fourth-order valence-electron chi connectivity index (χ4n) is 4.99.